The molecule has 0 fully saturated rings. The molecule has 0 saturated heterocycles. The minimum atomic E-state index is -1.45. The van der Waals surface area contributed by atoms with Gasteiger partial charge in [-0.05, 0) is 0 Å². The van der Waals surface area contributed by atoms with Crippen LogP contribution in [0, 0.1) is 0 Å². The maximum Gasteiger partial charge on any atom is 1.00 e. The van der Waals surface area contributed by atoms with E-state index in [4.69, 9.17) is 0 Å². The number of nitrogens with one attached hydrogen (secondary N) is 1. The van der Waals surface area contributed by atoms with Crippen LogP contribution in [0.15, 0.2) is 11.8 Å². The van der Waals surface area contributed by atoms with Crippen LogP contribution in [0.1, 0.15) is 0 Å². The summed E-state index contributed by atoms with van der Waals surface area (Å²) >= 11 is 0. The van der Waals surface area contributed by atoms with Gasteiger partial charge in [0.1, 0.15) is 0 Å². The van der Waals surface area contributed by atoms with E-state index in [9.17, 15) is 14.7 Å². The van der Waals surface area contributed by atoms with Crippen LogP contribution in [0.4, 0.5) is 0 Å². The van der Waals surface area contributed by atoms with E-state index in [-0.39, 0.29) is 57.1 Å². The van der Waals surface area contributed by atoms with Crippen molar-refractivity contribution in [1.29, 1.82) is 0 Å². The van der Waals surface area contributed by atoms with Gasteiger partial charge in [-0.3, -0.25) is 0 Å². The van der Waals surface area contributed by atoms with Crippen LogP contribution in [-0.4, -0.2) is 26.1 Å². The minimum Gasteiger partial charge on any atom is -0.543 e. The fraction of sp³-hybridized carbons (Fsp3) is 0.333. The van der Waals surface area contributed by atoms with Crippen molar-refractivity contribution in [2.75, 3.05) is 14.2 Å². The van der Waals surface area contributed by atoms with E-state index in [0.29, 0.717) is 0 Å². The zero-order valence-corrected chi connectivity index (χ0v) is 10.3. The number of ether oxygens (including phenoxy) is 1. The Morgan fingerprint density at radius 2 is 2.00 bits per heavy atom. The normalized spacial score (nSPS) is 9.67. The van der Waals surface area contributed by atoms with Crippen LogP contribution >= 0.6 is 0 Å². The standard InChI is InChI=1S/C6H9NO4.K/c1-7-4(6(9)10)3-5(8)11-2;/h3,7H,1-2H3,(H,9,10);/q;+1/p-1/b4-3-;. The average molecular weight is 197 g/mol. The van der Waals surface area contributed by atoms with Gasteiger partial charge in [0.15, 0.2) is 0 Å². The van der Waals surface area contributed by atoms with Crippen LogP contribution in [0.2, 0.25) is 0 Å². The Bertz CT molecular complexity index is 202. The van der Waals surface area contributed by atoms with Crippen molar-refractivity contribution < 1.29 is 70.8 Å². The molecule has 0 unspecified atom stereocenters. The number of aliphatic carboxylic acids is 1. The van der Waals surface area contributed by atoms with E-state index < -0.39 is 11.9 Å². The van der Waals surface area contributed by atoms with Gasteiger partial charge in [-0.15, -0.1) is 0 Å². The second-order valence-electron chi connectivity index (χ2n) is 1.62. The van der Waals surface area contributed by atoms with E-state index in [1.807, 2.05) is 0 Å². The monoisotopic (exact) mass is 197 g/mol. The van der Waals surface area contributed by atoms with Crippen molar-refractivity contribution in [2.24, 2.45) is 0 Å². The molecule has 62 valence electrons. The van der Waals surface area contributed by atoms with E-state index in [1.165, 1.54) is 7.05 Å². The zero-order chi connectivity index (χ0) is 8.85. The van der Waals surface area contributed by atoms with E-state index >= 15 is 0 Å². The molecule has 0 atom stereocenters. The fourth-order valence-electron chi connectivity index (χ4n) is 0.410. The number of likely N-dealkylation sites (N-methyl/N-ethyl adjacent to an activating group) is 1. The number of rotatable bonds is 3. The number of carboxylic acid groups (broad SMARTS) is 1. The maximum atomic E-state index is 10.5. The number of carboxylic acids is 1. The van der Waals surface area contributed by atoms with Crippen LogP contribution in [0.5, 0.6) is 0 Å². The number of esters is 1. The summed E-state index contributed by atoms with van der Waals surface area (Å²) in [6, 6.07) is 0. The van der Waals surface area contributed by atoms with Crippen LogP contribution < -0.4 is 61.8 Å². The van der Waals surface area contributed by atoms with E-state index in [2.05, 4.69) is 10.1 Å². The molecule has 0 aromatic heterocycles. The van der Waals surface area contributed by atoms with Gasteiger partial charge < -0.3 is 20.0 Å². The number of hydrogen-bond donors (Lipinski definition) is 1. The van der Waals surface area contributed by atoms with Crippen LogP contribution in [0.25, 0.3) is 0 Å². The Kier molecular flexibility index (Phi) is 9.45. The van der Waals surface area contributed by atoms with E-state index in [0.717, 1.165) is 13.2 Å². The Balaban J connectivity index is 0. The molecular formula is C6H8KNO4. The van der Waals surface area contributed by atoms with Gasteiger partial charge in [0.25, 0.3) is 0 Å². The van der Waals surface area contributed by atoms with Gasteiger partial charge in [-0.2, -0.15) is 0 Å². The molecule has 0 aliphatic heterocycles. The number of methoxy groups -OCH3 is 1. The Morgan fingerprint density at radius 1 is 1.50 bits per heavy atom. The molecule has 0 aliphatic carbocycles. The molecule has 0 radical (unpaired) electrons. The maximum absolute atomic E-state index is 10.5. The molecular weight excluding hydrogens is 189 g/mol. The first-order chi connectivity index (χ1) is 5.11. The number of carbonyl (C=O) groups excluding carboxylic acids is 2. The van der Waals surface area contributed by atoms with Crippen molar-refractivity contribution in [3.8, 4) is 0 Å². The second-order valence-corrected chi connectivity index (χ2v) is 1.62. The summed E-state index contributed by atoms with van der Waals surface area (Å²) in [5.41, 5.74) is -0.308. The van der Waals surface area contributed by atoms with E-state index in [1.54, 1.807) is 0 Å². The quantitative estimate of drug-likeness (QED) is 0.278. The second kappa shape index (κ2) is 7.75. The summed E-state index contributed by atoms with van der Waals surface area (Å²) < 4.78 is 4.19. The summed E-state index contributed by atoms with van der Waals surface area (Å²) in [5.74, 6) is -2.18. The molecule has 0 aromatic rings. The fourth-order valence-corrected chi connectivity index (χ4v) is 0.410. The molecule has 0 aliphatic rings. The van der Waals surface area contributed by atoms with Gasteiger partial charge in [0.05, 0.1) is 18.8 Å². The minimum absolute atomic E-state index is 0. The molecule has 0 amide bonds. The molecule has 0 aromatic carbocycles. The third kappa shape index (κ3) is 5.73. The largest absolute Gasteiger partial charge is 1.00 e. The average Bonchev–Trinajstić information content (AvgIpc) is 1.99. The molecule has 5 nitrogen and oxygen atoms in total. The predicted octanol–water partition coefficient (Wildman–Crippen LogP) is -4.98. The first kappa shape index (κ1) is 14.6. The molecule has 0 bridgehead atoms. The van der Waals surface area contributed by atoms with Crippen molar-refractivity contribution in [2.45, 2.75) is 0 Å². The summed E-state index contributed by atoms with van der Waals surface area (Å²) in [6.45, 7) is 0. The Hall–Kier alpha value is 0.116. The molecule has 0 saturated carbocycles. The summed E-state index contributed by atoms with van der Waals surface area (Å²) in [6.07, 6.45) is 0.801. The Morgan fingerprint density at radius 3 is 2.25 bits per heavy atom. The number of carbonyl (C=O) groups is 2. The molecule has 1 N–H and O–H groups in total. The number of hydrogen-bond acceptors (Lipinski definition) is 5. The third-order valence-electron chi connectivity index (χ3n) is 0.953. The van der Waals surface area contributed by atoms with Crippen LogP contribution in [-0.2, 0) is 14.3 Å². The van der Waals surface area contributed by atoms with Crippen molar-refractivity contribution in [3.63, 3.8) is 0 Å². The topological polar surface area (TPSA) is 78.5 Å². The molecule has 0 rings (SSSR count). The van der Waals surface area contributed by atoms with Crippen molar-refractivity contribution in [3.05, 3.63) is 11.8 Å². The van der Waals surface area contributed by atoms with Gasteiger partial charge in [-0.25, -0.2) is 4.79 Å². The SMILES string of the molecule is CN/C(=C\C(=O)OC)C(=O)[O-].[K+]. The smallest absolute Gasteiger partial charge is 0.543 e. The van der Waals surface area contributed by atoms with Gasteiger partial charge in [0.2, 0.25) is 0 Å². The van der Waals surface area contributed by atoms with Crippen molar-refractivity contribution in [1.82, 2.24) is 5.32 Å². The third-order valence-corrected chi connectivity index (χ3v) is 0.953. The molecule has 6 heteroatoms. The van der Waals surface area contributed by atoms with Crippen molar-refractivity contribution >= 4 is 11.9 Å². The molecule has 0 heterocycles. The zero-order valence-electron chi connectivity index (χ0n) is 7.21. The first-order valence-electron chi connectivity index (χ1n) is 2.80. The molecule has 12 heavy (non-hydrogen) atoms. The summed E-state index contributed by atoms with van der Waals surface area (Å²) in [4.78, 5) is 20.6. The first-order valence-corrected chi connectivity index (χ1v) is 2.80. The van der Waals surface area contributed by atoms with Gasteiger partial charge in [-0.1, -0.05) is 0 Å². The van der Waals surface area contributed by atoms with Gasteiger partial charge in [0, 0.05) is 13.1 Å². The van der Waals surface area contributed by atoms with Crippen LogP contribution in [0.3, 0.4) is 0 Å². The van der Waals surface area contributed by atoms with Gasteiger partial charge >= 0.3 is 57.4 Å². The summed E-state index contributed by atoms with van der Waals surface area (Å²) in [7, 11) is 2.52. The predicted molar refractivity (Wildman–Crippen MR) is 34.2 cm³/mol. The Labute approximate surface area is 113 Å². The molecule has 0 spiro atoms. The summed E-state index contributed by atoms with van der Waals surface area (Å²) in [5, 5.41) is 12.4.